The number of nitriles is 1. The molecule has 0 aromatic carbocycles. The number of hydrogen-bond acceptors (Lipinski definition) is 3. The molecule has 4 nitrogen and oxygen atoms in total. The number of hydrogen-bond donors (Lipinski definition) is 0. The Morgan fingerprint density at radius 1 is 1.47 bits per heavy atom. The van der Waals surface area contributed by atoms with E-state index in [4.69, 9.17) is 10.00 Å². The second kappa shape index (κ2) is 6.21. The second-order valence-corrected chi connectivity index (χ2v) is 3.97. The molecule has 0 radical (unpaired) electrons. The van der Waals surface area contributed by atoms with E-state index in [0.717, 1.165) is 17.5 Å². The quantitative estimate of drug-likeness (QED) is 0.729. The van der Waals surface area contributed by atoms with Gasteiger partial charge < -0.3 is 9.30 Å². The molecule has 0 saturated heterocycles. The van der Waals surface area contributed by atoms with E-state index in [1.807, 2.05) is 26.1 Å². The van der Waals surface area contributed by atoms with Gasteiger partial charge >= 0.3 is 0 Å². The smallest absolute Gasteiger partial charge is 0.268 e. The van der Waals surface area contributed by atoms with Crippen LogP contribution in [0.4, 0.5) is 0 Å². The average Bonchev–Trinajstić information content (AvgIpc) is 2.32. The van der Waals surface area contributed by atoms with E-state index in [0.29, 0.717) is 19.8 Å². The fraction of sp³-hybridized carbons (Fsp3) is 0.538. The van der Waals surface area contributed by atoms with Gasteiger partial charge in [0, 0.05) is 26.0 Å². The lowest BCUT2D eigenvalue weighted by Crippen LogP contribution is -2.24. The van der Waals surface area contributed by atoms with Crippen molar-refractivity contribution in [3.63, 3.8) is 0 Å². The van der Waals surface area contributed by atoms with Gasteiger partial charge in [0.1, 0.15) is 11.6 Å². The molecule has 0 aliphatic rings. The van der Waals surface area contributed by atoms with E-state index < -0.39 is 0 Å². The maximum absolute atomic E-state index is 11.9. The van der Waals surface area contributed by atoms with Crippen molar-refractivity contribution in [2.24, 2.45) is 0 Å². The molecule has 0 N–H and O–H groups in total. The van der Waals surface area contributed by atoms with Crippen LogP contribution in [-0.4, -0.2) is 17.8 Å². The van der Waals surface area contributed by atoms with Crippen molar-refractivity contribution < 1.29 is 4.74 Å². The van der Waals surface area contributed by atoms with Crippen molar-refractivity contribution in [2.75, 3.05) is 13.2 Å². The zero-order valence-electron chi connectivity index (χ0n) is 10.6. The maximum atomic E-state index is 11.9. The summed E-state index contributed by atoms with van der Waals surface area (Å²) in [6.45, 7) is 7.57. The van der Waals surface area contributed by atoms with Crippen molar-refractivity contribution >= 4 is 0 Å². The number of rotatable bonds is 5. The first-order valence-corrected chi connectivity index (χ1v) is 5.80. The number of pyridine rings is 1. The highest BCUT2D eigenvalue weighted by Crippen LogP contribution is 2.07. The summed E-state index contributed by atoms with van der Waals surface area (Å²) in [6.07, 6.45) is 2.59. The van der Waals surface area contributed by atoms with Crippen LogP contribution in [0.3, 0.4) is 0 Å². The van der Waals surface area contributed by atoms with Gasteiger partial charge in [0.2, 0.25) is 0 Å². The number of ether oxygens (including phenoxy) is 1. The first-order valence-electron chi connectivity index (χ1n) is 5.80. The minimum absolute atomic E-state index is 0.202. The molecule has 0 aliphatic carbocycles. The zero-order valence-corrected chi connectivity index (χ0v) is 10.6. The molecule has 1 aromatic rings. The van der Waals surface area contributed by atoms with Crippen molar-refractivity contribution in [3.8, 4) is 6.07 Å². The molecular weight excluding hydrogens is 216 g/mol. The third kappa shape index (κ3) is 3.18. The third-order valence-corrected chi connectivity index (χ3v) is 2.79. The molecule has 0 atom stereocenters. The summed E-state index contributed by atoms with van der Waals surface area (Å²) >= 11 is 0. The van der Waals surface area contributed by atoms with Crippen LogP contribution in [0.15, 0.2) is 11.0 Å². The Hall–Kier alpha value is -1.60. The molecule has 0 amide bonds. The number of aromatic nitrogens is 1. The molecule has 17 heavy (non-hydrogen) atoms. The normalized spacial score (nSPS) is 10.2. The predicted molar refractivity (Wildman–Crippen MR) is 66.0 cm³/mol. The molecule has 0 saturated carbocycles. The Balaban J connectivity index is 2.91. The molecule has 0 aliphatic heterocycles. The summed E-state index contributed by atoms with van der Waals surface area (Å²) in [7, 11) is 0. The van der Waals surface area contributed by atoms with Gasteiger partial charge in [0.15, 0.2) is 0 Å². The van der Waals surface area contributed by atoms with Crippen LogP contribution in [0.25, 0.3) is 0 Å². The first-order chi connectivity index (χ1) is 8.11. The standard InChI is InChI=1S/C13H18N2O2/c1-4-17-7-5-6-15-9-10(2)11(3)12(8-14)13(15)16/h9H,4-7H2,1-3H3. The van der Waals surface area contributed by atoms with Gasteiger partial charge in [-0.1, -0.05) is 0 Å². The monoisotopic (exact) mass is 234 g/mol. The summed E-state index contributed by atoms with van der Waals surface area (Å²) in [6, 6.07) is 1.98. The van der Waals surface area contributed by atoms with Gasteiger partial charge in [-0.15, -0.1) is 0 Å². The van der Waals surface area contributed by atoms with Crippen LogP contribution in [0.5, 0.6) is 0 Å². The molecule has 92 valence electrons. The third-order valence-electron chi connectivity index (χ3n) is 2.79. The molecule has 0 fully saturated rings. The van der Waals surface area contributed by atoms with Crippen molar-refractivity contribution in [3.05, 3.63) is 33.2 Å². The van der Waals surface area contributed by atoms with Crippen molar-refractivity contribution in [1.82, 2.24) is 4.57 Å². The summed E-state index contributed by atoms with van der Waals surface area (Å²) in [5.74, 6) is 0. The van der Waals surface area contributed by atoms with Crippen LogP contribution in [0.1, 0.15) is 30.0 Å². The Bertz CT molecular complexity index is 483. The summed E-state index contributed by atoms with van der Waals surface area (Å²) in [5.41, 5.74) is 1.80. The fourth-order valence-corrected chi connectivity index (χ4v) is 1.67. The lowest BCUT2D eigenvalue weighted by atomic mass is 10.1. The molecule has 0 spiro atoms. The topological polar surface area (TPSA) is 55.0 Å². The SMILES string of the molecule is CCOCCCn1cc(C)c(C)c(C#N)c1=O. The van der Waals surface area contributed by atoms with Crippen LogP contribution in [-0.2, 0) is 11.3 Å². The highest BCUT2D eigenvalue weighted by Gasteiger charge is 2.09. The first kappa shape index (κ1) is 13.5. The van der Waals surface area contributed by atoms with E-state index in [9.17, 15) is 4.79 Å². The Morgan fingerprint density at radius 2 is 2.18 bits per heavy atom. The van der Waals surface area contributed by atoms with Crippen LogP contribution in [0.2, 0.25) is 0 Å². The largest absolute Gasteiger partial charge is 0.382 e. The Morgan fingerprint density at radius 3 is 2.76 bits per heavy atom. The molecule has 0 bridgehead atoms. The molecular formula is C13H18N2O2. The van der Waals surface area contributed by atoms with Crippen LogP contribution >= 0.6 is 0 Å². The molecule has 1 rings (SSSR count). The highest BCUT2D eigenvalue weighted by molar-refractivity contribution is 5.38. The van der Waals surface area contributed by atoms with Crippen LogP contribution in [0, 0.1) is 25.2 Å². The minimum Gasteiger partial charge on any atom is -0.382 e. The number of nitrogens with zero attached hydrogens (tertiary/aromatic N) is 2. The van der Waals surface area contributed by atoms with Crippen LogP contribution < -0.4 is 5.56 Å². The van der Waals surface area contributed by atoms with E-state index in [2.05, 4.69) is 0 Å². The second-order valence-electron chi connectivity index (χ2n) is 3.97. The summed E-state index contributed by atoms with van der Waals surface area (Å²) < 4.78 is 6.82. The number of aryl methyl sites for hydroxylation is 2. The lowest BCUT2D eigenvalue weighted by molar-refractivity contribution is 0.141. The van der Waals surface area contributed by atoms with E-state index in [-0.39, 0.29) is 11.1 Å². The van der Waals surface area contributed by atoms with Gasteiger partial charge in [-0.25, -0.2) is 0 Å². The Labute approximate surface area is 101 Å². The predicted octanol–water partition coefficient (Wildman–Crippen LogP) is 1.76. The molecule has 4 heteroatoms. The van der Waals surface area contributed by atoms with Gasteiger partial charge in [-0.2, -0.15) is 5.26 Å². The van der Waals surface area contributed by atoms with E-state index >= 15 is 0 Å². The van der Waals surface area contributed by atoms with Gasteiger partial charge in [0.05, 0.1) is 0 Å². The maximum Gasteiger partial charge on any atom is 0.268 e. The summed E-state index contributed by atoms with van der Waals surface area (Å²) in [5, 5.41) is 8.97. The van der Waals surface area contributed by atoms with E-state index in [1.54, 1.807) is 11.5 Å². The highest BCUT2D eigenvalue weighted by atomic mass is 16.5. The fourth-order valence-electron chi connectivity index (χ4n) is 1.67. The van der Waals surface area contributed by atoms with Crippen molar-refractivity contribution in [1.29, 1.82) is 5.26 Å². The zero-order chi connectivity index (χ0) is 12.8. The summed E-state index contributed by atoms with van der Waals surface area (Å²) in [4.78, 5) is 11.9. The Kier molecular flexibility index (Phi) is 4.92. The minimum atomic E-state index is -0.202. The molecule has 1 aromatic heterocycles. The lowest BCUT2D eigenvalue weighted by Gasteiger charge is -2.10. The molecule has 1 heterocycles. The average molecular weight is 234 g/mol. The van der Waals surface area contributed by atoms with Crippen molar-refractivity contribution in [2.45, 2.75) is 33.7 Å². The van der Waals surface area contributed by atoms with Gasteiger partial charge in [-0.3, -0.25) is 4.79 Å². The van der Waals surface area contributed by atoms with E-state index in [1.165, 1.54) is 0 Å². The van der Waals surface area contributed by atoms with Gasteiger partial charge in [0.25, 0.3) is 5.56 Å². The molecule has 0 unspecified atom stereocenters. The van der Waals surface area contributed by atoms with Gasteiger partial charge in [-0.05, 0) is 38.3 Å².